The van der Waals surface area contributed by atoms with E-state index in [1.807, 2.05) is 40.7 Å². The summed E-state index contributed by atoms with van der Waals surface area (Å²) in [5.41, 5.74) is 1.88. The van der Waals surface area contributed by atoms with Crippen molar-refractivity contribution in [3.8, 4) is 0 Å². The number of rotatable bonds is 1. The molecule has 1 aromatic carbocycles. The van der Waals surface area contributed by atoms with Gasteiger partial charge in [-0.3, -0.25) is 0 Å². The molecular formula is C12H19F. The molecule has 0 nitrogen and oxygen atoms in total. The molecule has 13 heavy (non-hydrogen) atoms. The second kappa shape index (κ2) is 5.74. The lowest BCUT2D eigenvalue weighted by molar-refractivity contribution is 0.596. The fourth-order valence-corrected chi connectivity index (χ4v) is 1.38. The van der Waals surface area contributed by atoms with Crippen molar-refractivity contribution in [2.45, 2.75) is 40.5 Å². The number of hydrogen-bond donors (Lipinski definition) is 0. The van der Waals surface area contributed by atoms with Crippen molar-refractivity contribution < 1.29 is 4.39 Å². The van der Waals surface area contributed by atoms with Gasteiger partial charge in [0.05, 0.1) is 0 Å². The van der Waals surface area contributed by atoms with Crippen LogP contribution in [0.1, 0.15) is 44.7 Å². The van der Waals surface area contributed by atoms with Crippen molar-refractivity contribution in [1.82, 2.24) is 0 Å². The zero-order valence-corrected chi connectivity index (χ0v) is 9.19. The van der Waals surface area contributed by atoms with E-state index < -0.39 is 0 Å². The van der Waals surface area contributed by atoms with E-state index in [9.17, 15) is 4.39 Å². The maximum absolute atomic E-state index is 13.1. The van der Waals surface area contributed by atoms with Crippen molar-refractivity contribution in [3.05, 3.63) is 35.1 Å². The lowest BCUT2D eigenvalue weighted by Crippen LogP contribution is -1.95. The molecule has 0 radical (unpaired) electrons. The highest BCUT2D eigenvalue weighted by molar-refractivity contribution is 5.29. The molecule has 0 amide bonds. The van der Waals surface area contributed by atoms with E-state index in [1.54, 1.807) is 6.07 Å². The van der Waals surface area contributed by atoms with E-state index in [2.05, 4.69) is 0 Å². The Hall–Kier alpha value is -0.850. The quantitative estimate of drug-likeness (QED) is 0.608. The van der Waals surface area contributed by atoms with Crippen LogP contribution in [0.15, 0.2) is 18.2 Å². The highest BCUT2D eigenvalue weighted by atomic mass is 19.1. The van der Waals surface area contributed by atoms with E-state index in [1.165, 1.54) is 6.07 Å². The predicted molar refractivity (Wildman–Crippen MR) is 56.6 cm³/mol. The van der Waals surface area contributed by atoms with E-state index in [4.69, 9.17) is 0 Å². The summed E-state index contributed by atoms with van der Waals surface area (Å²) >= 11 is 0. The van der Waals surface area contributed by atoms with Gasteiger partial charge in [-0.1, -0.05) is 39.8 Å². The molecule has 0 unspecified atom stereocenters. The molecule has 0 heterocycles. The van der Waals surface area contributed by atoms with E-state index in [-0.39, 0.29) is 11.7 Å². The summed E-state index contributed by atoms with van der Waals surface area (Å²) in [6.45, 7) is 9.95. The first-order valence-corrected chi connectivity index (χ1v) is 4.88. The summed E-state index contributed by atoms with van der Waals surface area (Å²) in [4.78, 5) is 0. The van der Waals surface area contributed by atoms with Crippen LogP contribution < -0.4 is 0 Å². The van der Waals surface area contributed by atoms with Crippen LogP contribution in [0.25, 0.3) is 0 Å². The Morgan fingerprint density at radius 1 is 1.15 bits per heavy atom. The first-order valence-electron chi connectivity index (χ1n) is 4.88. The van der Waals surface area contributed by atoms with Crippen LogP contribution in [0.2, 0.25) is 0 Å². The molecule has 0 N–H and O–H groups in total. The standard InChI is InChI=1S/C10H13F.C2H6/c1-7(2)10-8(3)5-4-6-9(10)11;1-2/h4-7H,1-3H3;1-2H3. The summed E-state index contributed by atoms with van der Waals surface area (Å²) in [7, 11) is 0. The van der Waals surface area contributed by atoms with Crippen LogP contribution in [-0.2, 0) is 0 Å². The molecule has 0 saturated carbocycles. The van der Waals surface area contributed by atoms with Crippen LogP contribution in [0, 0.1) is 12.7 Å². The van der Waals surface area contributed by atoms with Crippen LogP contribution in [0.4, 0.5) is 4.39 Å². The van der Waals surface area contributed by atoms with Gasteiger partial charge in [0.1, 0.15) is 5.82 Å². The minimum Gasteiger partial charge on any atom is -0.207 e. The molecule has 0 aliphatic heterocycles. The molecule has 0 saturated heterocycles. The molecule has 0 aromatic heterocycles. The monoisotopic (exact) mass is 182 g/mol. The van der Waals surface area contributed by atoms with Gasteiger partial charge in [-0.15, -0.1) is 0 Å². The van der Waals surface area contributed by atoms with E-state index in [0.717, 1.165) is 11.1 Å². The van der Waals surface area contributed by atoms with Crippen LogP contribution in [0.5, 0.6) is 0 Å². The number of halogens is 1. The third-order valence-corrected chi connectivity index (χ3v) is 1.85. The molecule has 0 fully saturated rings. The zero-order chi connectivity index (χ0) is 10.4. The zero-order valence-electron chi connectivity index (χ0n) is 9.19. The summed E-state index contributed by atoms with van der Waals surface area (Å²) in [5, 5.41) is 0. The molecule has 0 spiro atoms. The molecule has 1 heteroatoms. The topological polar surface area (TPSA) is 0 Å². The first-order chi connectivity index (χ1) is 6.13. The summed E-state index contributed by atoms with van der Waals surface area (Å²) in [5.74, 6) is 0.191. The molecule has 0 aliphatic rings. The Bertz CT molecular complexity index is 231. The summed E-state index contributed by atoms with van der Waals surface area (Å²) < 4.78 is 13.1. The second-order valence-corrected chi connectivity index (χ2v) is 3.13. The molecule has 0 aliphatic carbocycles. The highest BCUT2D eigenvalue weighted by Gasteiger charge is 2.07. The third kappa shape index (κ3) is 3.17. The minimum atomic E-state index is -0.0833. The van der Waals surface area contributed by atoms with Gasteiger partial charge in [-0.25, -0.2) is 4.39 Å². The molecule has 74 valence electrons. The van der Waals surface area contributed by atoms with E-state index >= 15 is 0 Å². The Morgan fingerprint density at radius 2 is 1.69 bits per heavy atom. The summed E-state index contributed by atoms with van der Waals surface area (Å²) in [6, 6.07) is 5.21. The number of hydrogen-bond acceptors (Lipinski definition) is 0. The summed E-state index contributed by atoms with van der Waals surface area (Å²) in [6.07, 6.45) is 0. The van der Waals surface area contributed by atoms with Crippen LogP contribution in [-0.4, -0.2) is 0 Å². The minimum absolute atomic E-state index is 0.0833. The fourth-order valence-electron chi connectivity index (χ4n) is 1.38. The Balaban J connectivity index is 0.000000671. The SMILES string of the molecule is CC.Cc1cccc(F)c1C(C)C. The van der Waals surface area contributed by atoms with Gasteiger partial charge in [-0.05, 0) is 30.0 Å². The fraction of sp³-hybridized carbons (Fsp3) is 0.500. The lowest BCUT2D eigenvalue weighted by atomic mass is 9.98. The van der Waals surface area contributed by atoms with Gasteiger partial charge in [-0.2, -0.15) is 0 Å². The second-order valence-electron chi connectivity index (χ2n) is 3.13. The largest absolute Gasteiger partial charge is 0.207 e. The average Bonchev–Trinajstić information content (AvgIpc) is 2.07. The lowest BCUT2D eigenvalue weighted by Gasteiger charge is -2.09. The maximum atomic E-state index is 13.1. The first kappa shape index (κ1) is 12.2. The molecule has 1 aromatic rings. The van der Waals surface area contributed by atoms with Gasteiger partial charge in [0.2, 0.25) is 0 Å². The van der Waals surface area contributed by atoms with E-state index in [0.29, 0.717) is 0 Å². The van der Waals surface area contributed by atoms with Crippen molar-refractivity contribution in [2.75, 3.05) is 0 Å². The molecule has 0 atom stereocenters. The van der Waals surface area contributed by atoms with Gasteiger partial charge >= 0.3 is 0 Å². The van der Waals surface area contributed by atoms with Crippen LogP contribution >= 0.6 is 0 Å². The van der Waals surface area contributed by atoms with Crippen molar-refractivity contribution in [2.24, 2.45) is 0 Å². The molecule has 0 bridgehead atoms. The van der Waals surface area contributed by atoms with Crippen molar-refractivity contribution in [1.29, 1.82) is 0 Å². The molecule has 1 rings (SSSR count). The highest BCUT2D eigenvalue weighted by Crippen LogP contribution is 2.21. The Labute approximate surface area is 80.8 Å². The molecular weight excluding hydrogens is 163 g/mol. The van der Waals surface area contributed by atoms with Crippen LogP contribution in [0.3, 0.4) is 0 Å². The number of benzene rings is 1. The normalized spacial score (nSPS) is 9.46. The van der Waals surface area contributed by atoms with Crippen molar-refractivity contribution in [3.63, 3.8) is 0 Å². The van der Waals surface area contributed by atoms with Gasteiger partial charge in [0, 0.05) is 0 Å². The smallest absolute Gasteiger partial charge is 0.126 e. The Kier molecular flexibility index (Phi) is 5.36. The van der Waals surface area contributed by atoms with Gasteiger partial charge in [0.15, 0.2) is 0 Å². The average molecular weight is 182 g/mol. The third-order valence-electron chi connectivity index (χ3n) is 1.85. The van der Waals surface area contributed by atoms with Gasteiger partial charge < -0.3 is 0 Å². The maximum Gasteiger partial charge on any atom is 0.126 e. The predicted octanol–water partition coefficient (Wildman–Crippen LogP) is 4.28. The Morgan fingerprint density at radius 3 is 2.00 bits per heavy atom. The van der Waals surface area contributed by atoms with Crippen molar-refractivity contribution >= 4 is 0 Å². The number of aryl methyl sites for hydroxylation is 1. The van der Waals surface area contributed by atoms with Gasteiger partial charge in [0.25, 0.3) is 0 Å².